The van der Waals surface area contributed by atoms with Gasteiger partial charge in [-0.25, -0.2) is 4.79 Å². The van der Waals surface area contributed by atoms with E-state index in [0.717, 1.165) is 18.8 Å². The van der Waals surface area contributed by atoms with E-state index in [2.05, 4.69) is 12.2 Å². The van der Waals surface area contributed by atoms with Gasteiger partial charge in [-0.3, -0.25) is 0 Å². The van der Waals surface area contributed by atoms with Crippen LogP contribution in [0.1, 0.15) is 84.0 Å². The van der Waals surface area contributed by atoms with Crippen molar-refractivity contribution in [1.82, 2.24) is 0 Å². The fourth-order valence-corrected chi connectivity index (χ4v) is 2.91. The van der Waals surface area contributed by atoms with Crippen molar-refractivity contribution in [2.75, 3.05) is 11.9 Å². The Morgan fingerprint density at radius 2 is 1.32 bits per heavy atom. The minimum Gasteiger partial charge on any atom is -0.494 e. The first kappa shape index (κ1) is 21.3. The van der Waals surface area contributed by atoms with Crippen molar-refractivity contribution in [1.29, 1.82) is 0 Å². The maximum Gasteiger partial charge on any atom is 0.316 e. The lowest BCUT2D eigenvalue weighted by Gasteiger charge is -2.07. The predicted octanol–water partition coefficient (Wildman–Crippen LogP) is 6.26. The molecule has 1 aromatic rings. The number of nitrogens with one attached hydrogen (secondary N) is 1. The van der Waals surface area contributed by atoms with Crippen LogP contribution in [0.5, 0.6) is 5.75 Å². The van der Waals surface area contributed by atoms with E-state index in [0.29, 0.717) is 5.69 Å². The second-order valence-electron chi connectivity index (χ2n) is 6.75. The molecule has 0 saturated carbocycles. The number of carbonyl (C=O) groups is 1. The van der Waals surface area contributed by atoms with Gasteiger partial charge in [0.15, 0.2) is 0 Å². The van der Waals surface area contributed by atoms with Gasteiger partial charge >= 0.3 is 6.03 Å². The Hall–Kier alpha value is -1.71. The molecule has 0 unspecified atom stereocenters. The number of rotatable bonds is 15. The summed E-state index contributed by atoms with van der Waals surface area (Å²) in [5.41, 5.74) is 5.76. The fraction of sp³-hybridized carbons (Fsp3) is 0.667. The third-order valence-electron chi connectivity index (χ3n) is 4.39. The third-order valence-corrected chi connectivity index (χ3v) is 4.39. The molecule has 0 heterocycles. The number of nitrogens with two attached hydrogens (primary N) is 1. The molecule has 0 saturated heterocycles. The summed E-state index contributed by atoms with van der Waals surface area (Å²) in [5.74, 6) is 0.832. The number of hydrogen-bond acceptors (Lipinski definition) is 2. The van der Waals surface area contributed by atoms with Crippen LogP contribution < -0.4 is 15.8 Å². The van der Waals surface area contributed by atoms with Gasteiger partial charge in [-0.2, -0.15) is 0 Å². The number of hydrogen-bond donors (Lipinski definition) is 2. The molecule has 0 fully saturated rings. The molecule has 0 aliphatic heterocycles. The second kappa shape index (κ2) is 14.6. The quantitative estimate of drug-likeness (QED) is 0.367. The Labute approximate surface area is 153 Å². The molecule has 0 radical (unpaired) electrons. The topological polar surface area (TPSA) is 64.3 Å². The Kier molecular flexibility index (Phi) is 12.5. The molecular formula is C21H36N2O2. The number of benzene rings is 1. The van der Waals surface area contributed by atoms with E-state index in [4.69, 9.17) is 10.5 Å². The standard InChI is InChI=1S/C21H36N2O2/c1-2-3-4-5-6-7-8-9-10-11-12-13-18-25-20-16-14-19(15-17-20)23-21(22)24/h14-17H,2-13,18H2,1H3,(H3,22,23,24). The van der Waals surface area contributed by atoms with Crippen molar-refractivity contribution in [3.63, 3.8) is 0 Å². The second-order valence-corrected chi connectivity index (χ2v) is 6.75. The molecule has 0 aliphatic rings. The van der Waals surface area contributed by atoms with E-state index in [-0.39, 0.29) is 0 Å². The van der Waals surface area contributed by atoms with Gasteiger partial charge in [-0.15, -0.1) is 0 Å². The Morgan fingerprint density at radius 1 is 0.840 bits per heavy atom. The van der Waals surface area contributed by atoms with E-state index in [9.17, 15) is 4.79 Å². The highest BCUT2D eigenvalue weighted by Gasteiger charge is 1.98. The Morgan fingerprint density at radius 3 is 1.80 bits per heavy atom. The van der Waals surface area contributed by atoms with Gasteiger partial charge in [0.1, 0.15) is 5.75 Å². The average molecular weight is 349 g/mol. The minimum absolute atomic E-state index is 0.551. The van der Waals surface area contributed by atoms with Crippen LogP contribution in [-0.2, 0) is 0 Å². The molecule has 0 aromatic heterocycles. The molecule has 25 heavy (non-hydrogen) atoms. The first-order chi connectivity index (χ1) is 12.2. The average Bonchev–Trinajstić information content (AvgIpc) is 2.60. The SMILES string of the molecule is CCCCCCCCCCCCCCOc1ccc(NC(N)=O)cc1. The van der Waals surface area contributed by atoms with Crippen molar-refractivity contribution in [3.05, 3.63) is 24.3 Å². The molecule has 3 N–H and O–H groups in total. The van der Waals surface area contributed by atoms with E-state index >= 15 is 0 Å². The van der Waals surface area contributed by atoms with E-state index in [1.165, 1.54) is 70.6 Å². The van der Waals surface area contributed by atoms with Gasteiger partial charge in [0.05, 0.1) is 6.61 Å². The molecule has 0 spiro atoms. The molecule has 0 atom stereocenters. The van der Waals surface area contributed by atoms with Crippen LogP contribution in [0.25, 0.3) is 0 Å². The molecule has 0 bridgehead atoms. The first-order valence-electron chi connectivity index (χ1n) is 10.0. The number of primary amides is 1. The van der Waals surface area contributed by atoms with Crippen LogP contribution in [0.2, 0.25) is 0 Å². The van der Waals surface area contributed by atoms with Gasteiger partial charge in [0.2, 0.25) is 0 Å². The summed E-state index contributed by atoms with van der Waals surface area (Å²) in [4.78, 5) is 10.7. The fourth-order valence-electron chi connectivity index (χ4n) is 2.91. The molecule has 142 valence electrons. The lowest BCUT2D eigenvalue weighted by atomic mass is 10.1. The van der Waals surface area contributed by atoms with Crippen LogP contribution >= 0.6 is 0 Å². The largest absolute Gasteiger partial charge is 0.494 e. The summed E-state index contributed by atoms with van der Waals surface area (Å²) in [5, 5.41) is 2.53. The first-order valence-corrected chi connectivity index (χ1v) is 10.0. The van der Waals surface area contributed by atoms with Crippen molar-refractivity contribution < 1.29 is 9.53 Å². The maximum atomic E-state index is 10.7. The van der Waals surface area contributed by atoms with Crippen LogP contribution in [-0.4, -0.2) is 12.6 Å². The number of carbonyl (C=O) groups excluding carboxylic acids is 1. The number of anilines is 1. The summed E-state index contributed by atoms with van der Waals surface area (Å²) in [6.45, 7) is 3.02. The zero-order valence-corrected chi connectivity index (χ0v) is 15.9. The summed E-state index contributed by atoms with van der Waals surface area (Å²) in [7, 11) is 0. The van der Waals surface area contributed by atoms with Gasteiger partial charge in [-0.05, 0) is 30.7 Å². The molecule has 4 heteroatoms. The lowest BCUT2D eigenvalue weighted by Crippen LogP contribution is -2.19. The van der Waals surface area contributed by atoms with Gasteiger partial charge in [0.25, 0.3) is 0 Å². The molecule has 1 aromatic carbocycles. The highest BCUT2D eigenvalue weighted by molar-refractivity contribution is 5.87. The summed E-state index contributed by atoms with van der Waals surface area (Å²) in [6.07, 6.45) is 16.2. The summed E-state index contributed by atoms with van der Waals surface area (Å²) >= 11 is 0. The van der Waals surface area contributed by atoms with Crippen molar-refractivity contribution in [3.8, 4) is 5.75 Å². The van der Waals surface area contributed by atoms with Crippen LogP contribution in [0.15, 0.2) is 24.3 Å². The van der Waals surface area contributed by atoms with Gasteiger partial charge < -0.3 is 15.8 Å². The van der Waals surface area contributed by atoms with E-state index in [1.54, 1.807) is 12.1 Å². The lowest BCUT2D eigenvalue weighted by molar-refractivity contribution is 0.259. The van der Waals surface area contributed by atoms with Crippen molar-refractivity contribution >= 4 is 11.7 Å². The minimum atomic E-state index is -0.551. The zero-order valence-electron chi connectivity index (χ0n) is 15.9. The number of ether oxygens (including phenoxy) is 1. The predicted molar refractivity (Wildman–Crippen MR) is 106 cm³/mol. The van der Waals surface area contributed by atoms with E-state index < -0.39 is 6.03 Å². The molecule has 0 aliphatic carbocycles. The summed E-state index contributed by atoms with van der Waals surface area (Å²) in [6, 6.07) is 6.74. The van der Waals surface area contributed by atoms with Crippen molar-refractivity contribution in [2.45, 2.75) is 84.0 Å². The highest BCUT2D eigenvalue weighted by atomic mass is 16.5. The summed E-state index contributed by atoms with van der Waals surface area (Å²) < 4.78 is 5.71. The maximum absolute atomic E-state index is 10.7. The van der Waals surface area contributed by atoms with Crippen LogP contribution in [0.4, 0.5) is 10.5 Å². The Balaban J connectivity index is 1.89. The normalized spacial score (nSPS) is 10.6. The number of unbranched alkanes of at least 4 members (excludes halogenated alkanes) is 11. The van der Waals surface area contributed by atoms with Crippen LogP contribution in [0, 0.1) is 0 Å². The smallest absolute Gasteiger partial charge is 0.316 e. The van der Waals surface area contributed by atoms with Gasteiger partial charge in [-0.1, -0.05) is 77.6 Å². The molecule has 1 rings (SSSR count). The number of amides is 2. The zero-order chi connectivity index (χ0) is 18.2. The Bertz CT molecular complexity index is 446. The highest BCUT2D eigenvalue weighted by Crippen LogP contribution is 2.16. The third kappa shape index (κ3) is 12.3. The number of urea groups is 1. The van der Waals surface area contributed by atoms with Crippen LogP contribution in [0.3, 0.4) is 0 Å². The molecule has 2 amide bonds. The molecule has 4 nitrogen and oxygen atoms in total. The van der Waals surface area contributed by atoms with E-state index in [1.807, 2.05) is 12.1 Å². The monoisotopic (exact) mass is 348 g/mol. The molecular weight excluding hydrogens is 312 g/mol. The van der Waals surface area contributed by atoms with Gasteiger partial charge in [0, 0.05) is 5.69 Å². The van der Waals surface area contributed by atoms with Crippen molar-refractivity contribution in [2.24, 2.45) is 5.73 Å².